The SMILES string of the molecule is [N-]=[N+]=NCCNC1(C(=O)O)CCS(=O)(=O)CC1. The lowest BCUT2D eigenvalue weighted by atomic mass is 9.92. The third kappa shape index (κ3) is 3.58. The molecule has 0 radical (unpaired) electrons. The molecule has 0 aromatic carbocycles. The normalized spacial score (nSPS) is 21.4. The molecule has 1 heterocycles. The summed E-state index contributed by atoms with van der Waals surface area (Å²) in [5, 5.41) is 15.2. The summed E-state index contributed by atoms with van der Waals surface area (Å²) >= 11 is 0. The zero-order valence-corrected chi connectivity index (χ0v) is 9.98. The van der Waals surface area contributed by atoms with E-state index >= 15 is 0 Å². The first kappa shape index (κ1) is 13.8. The third-order valence-corrected chi connectivity index (χ3v) is 4.48. The van der Waals surface area contributed by atoms with Gasteiger partial charge in [-0.05, 0) is 18.4 Å². The van der Waals surface area contributed by atoms with E-state index in [1.165, 1.54) is 0 Å². The molecule has 17 heavy (non-hydrogen) atoms. The zero-order chi connectivity index (χ0) is 12.9. The van der Waals surface area contributed by atoms with Crippen molar-refractivity contribution in [3.63, 3.8) is 0 Å². The molecule has 2 N–H and O–H groups in total. The second kappa shape index (κ2) is 5.35. The van der Waals surface area contributed by atoms with Gasteiger partial charge in [0, 0.05) is 18.0 Å². The van der Waals surface area contributed by atoms with Crippen LogP contribution in [-0.4, -0.2) is 49.6 Å². The molecule has 1 fully saturated rings. The topological polar surface area (TPSA) is 132 Å². The highest BCUT2D eigenvalue weighted by molar-refractivity contribution is 7.91. The summed E-state index contributed by atoms with van der Waals surface area (Å²) in [7, 11) is -3.11. The maximum absolute atomic E-state index is 11.2. The van der Waals surface area contributed by atoms with Crippen LogP contribution in [-0.2, 0) is 14.6 Å². The highest BCUT2D eigenvalue weighted by Crippen LogP contribution is 2.24. The Labute approximate surface area is 98.6 Å². The van der Waals surface area contributed by atoms with Crippen LogP contribution in [0.3, 0.4) is 0 Å². The van der Waals surface area contributed by atoms with E-state index in [9.17, 15) is 13.2 Å². The van der Waals surface area contributed by atoms with Crippen LogP contribution in [0.5, 0.6) is 0 Å². The van der Waals surface area contributed by atoms with E-state index < -0.39 is 21.3 Å². The van der Waals surface area contributed by atoms with E-state index in [0.29, 0.717) is 0 Å². The van der Waals surface area contributed by atoms with Crippen molar-refractivity contribution in [1.82, 2.24) is 5.32 Å². The van der Waals surface area contributed by atoms with Crippen molar-refractivity contribution >= 4 is 15.8 Å². The first-order chi connectivity index (χ1) is 7.92. The van der Waals surface area contributed by atoms with Crippen molar-refractivity contribution in [3.8, 4) is 0 Å². The quantitative estimate of drug-likeness (QED) is 0.309. The van der Waals surface area contributed by atoms with E-state index in [0.717, 1.165) is 0 Å². The summed E-state index contributed by atoms with van der Waals surface area (Å²) in [6.45, 7) is 0.356. The lowest BCUT2D eigenvalue weighted by molar-refractivity contribution is -0.145. The van der Waals surface area contributed by atoms with Crippen molar-refractivity contribution < 1.29 is 18.3 Å². The number of carbonyl (C=O) groups is 1. The number of nitrogens with one attached hydrogen (secondary N) is 1. The van der Waals surface area contributed by atoms with E-state index in [1.807, 2.05) is 0 Å². The van der Waals surface area contributed by atoms with Crippen molar-refractivity contribution in [1.29, 1.82) is 0 Å². The fourth-order valence-electron chi connectivity index (χ4n) is 1.74. The molecular formula is C8H14N4O4S. The highest BCUT2D eigenvalue weighted by Gasteiger charge is 2.42. The molecule has 0 aromatic rings. The Morgan fingerprint density at radius 1 is 1.47 bits per heavy atom. The third-order valence-electron chi connectivity index (χ3n) is 2.83. The lowest BCUT2D eigenvalue weighted by Crippen LogP contribution is -2.57. The Bertz CT molecular complexity index is 426. The number of carboxylic acids is 1. The van der Waals surface area contributed by atoms with Gasteiger partial charge in [0.2, 0.25) is 0 Å². The molecule has 1 aliphatic rings. The first-order valence-electron chi connectivity index (χ1n) is 5.12. The molecule has 96 valence electrons. The molecule has 0 unspecified atom stereocenters. The van der Waals surface area contributed by atoms with Gasteiger partial charge >= 0.3 is 5.97 Å². The Balaban J connectivity index is 2.65. The monoisotopic (exact) mass is 262 g/mol. The van der Waals surface area contributed by atoms with E-state index in [1.54, 1.807) is 0 Å². The Kier molecular flexibility index (Phi) is 4.33. The first-order valence-corrected chi connectivity index (χ1v) is 6.94. The number of sulfone groups is 1. The van der Waals surface area contributed by atoms with Crippen molar-refractivity contribution in [3.05, 3.63) is 10.4 Å². The molecule has 0 spiro atoms. The molecule has 0 amide bonds. The number of azide groups is 1. The number of aliphatic carboxylic acids is 1. The van der Waals surface area contributed by atoms with Gasteiger partial charge in [-0.3, -0.25) is 4.79 Å². The highest BCUT2D eigenvalue weighted by atomic mass is 32.2. The molecule has 0 aromatic heterocycles. The zero-order valence-electron chi connectivity index (χ0n) is 9.16. The van der Waals surface area contributed by atoms with Crippen molar-refractivity contribution in [2.75, 3.05) is 24.6 Å². The molecule has 1 saturated heterocycles. The van der Waals surface area contributed by atoms with Crippen LogP contribution < -0.4 is 5.32 Å². The van der Waals surface area contributed by atoms with E-state index in [2.05, 4.69) is 15.3 Å². The molecule has 0 bridgehead atoms. The summed E-state index contributed by atoms with van der Waals surface area (Å²) in [6, 6.07) is 0. The van der Waals surface area contributed by atoms with Gasteiger partial charge in [0.1, 0.15) is 15.4 Å². The standard InChI is InChI=1S/C8H14N4O4S/c9-12-11-4-3-10-8(7(13)14)1-5-17(15,16)6-2-8/h10H,1-6H2,(H,13,14). The lowest BCUT2D eigenvalue weighted by Gasteiger charge is -2.33. The van der Waals surface area contributed by atoms with Crippen LogP contribution >= 0.6 is 0 Å². The van der Waals surface area contributed by atoms with Crippen LogP contribution in [0.4, 0.5) is 0 Å². The molecule has 1 rings (SSSR count). The predicted molar refractivity (Wildman–Crippen MR) is 60.3 cm³/mol. The van der Waals surface area contributed by atoms with Crippen molar-refractivity contribution in [2.45, 2.75) is 18.4 Å². The Hall–Kier alpha value is -1.31. The number of hydrogen-bond donors (Lipinski definition) is 2. The van der Waals surface area contributed by atoms with Crippen LogP contribution in [0.1, 0.15) is 12.8 Å². The maximum Gasteiger partial charge on any atom is 0.323 e. The summed E-state index contributed by atoms with van der Waals surface area (Å²) in [5.74, 6) is -1.32. The Morgan fingerprint density at radius 2 is 2.06 bits per heavy atom. The molecule has 8 nitrogen and oxygen atoms in total. The van der Waals surface area contributed by atoms with Gasteiger partial charge in [-0.25, -0.2) is 8.42 Å². The molecule has 0 aliphatic carbocycles. The van der Waals surface area contributed by atoms with Gasteiger partial charge < -0.3 is 10.4 Å². The van der Waals surface area contributed by atoms with Gasteiger partial charge in [-0.1, -0.05) is 5.11 Å². The maximum atomic E-state index is 11.2. The van der Waals surface area contributed by atoms with Gasteiger partial charge in [0.25, 0.3) is 0 Å². The van der Waals surface area contributed by atoms with Gasteiger partial charge in [0.05, 0.1) is 11.5 Å². The van der Waals surface area contributed by atoms with Crippen LogP contribution in [0.25, 0.3) is 10.4 Å². The van der Waals surface area contributed by atoms with Crippen LogP contribution in [0.15, 0.2) is 5.11 Å². The summed E-state index contributed by atoms with van der Waals surface area (Å²) in [4.78, 5) is 13.7. The van der Waals surface area contributed by atoms with Gasteiger partial charge in [-0.2, -0.15) is 0 Å². The van der Waals surface area contributed by atoms with E-state index in [4.69, 9.17) is 10.6 Å². The summed E-state index contributed by atoms with van der Waals surface area (Å²) in [6.07, 6.45) is 0.0852. The fraction of sp³-hybridized carbons (Fsp3) is 0.875. The minimum atomic E-state index is -3.11. The summed E-state index contributed by atoms with van der Waals surface area (Å²) in [5.41, 5.74) is 6.87. The largest absolute Gasteiger partial charge is 0.480 e. The minimum Gasteiger partial charge on any atom is -0.480 e. The molecule has 0 saturated carbocycles. The number of hydrogen-bond acceptors (Lipinski definition) is 5. The Morgan fingerprint density at radius 3 is 2.53 bits per heavy atom. The van der Waals surface area contributed by atoms with Gasteiger partial charge in [0.15, 0.2) is 0 Å². The average molecular weight is 262 g/mol. The van der Waals surface area contributed by atoms with Gasteiger partial charge in [-0.15, -0.1) is 0 Å². The number of rotatable bonds is 5. The van der Waals surface area contributed by atoms with Crippen LogP contribution in [0.2, 0.25) is 0 Å². The minimum absolute atomic E-state index is 0.0426. The van der Waals surface area contributed by atoms with Crippen LogP contribution in [0, 0.1) is 0 Å². The molecule has 1 aliphatic heterocycles. The number of nitrogens with zero attached hydrogens (tertiary/aromatic N) is 3. The summed E-state index contributed by atoms with van der Waals surface area (Å²) < 4.78 is 22.5. The smallest absolute Gasteiger partial charge is 0.323 e. The predicted octanol–water partition coefficient (Wildman–Crippen LogP) is -0.0817. The molecular weight excluding hydrogens is 248 g/mol. The number of carboxylic acid groups (broad SMARTS) is 1. The average Bonchev–Trinajstić information content (AvgIpc) is 2.26. The van der Waals surface area contributed by atoms with Crippen molar-refractivity contribution in [2.24, 2.45) is 5.11 Å². The molecule has 0 atom stereocenters. The fourth-order valence-corrected chi connectivity index (χ4v) is 3.27. The van der Waals surface area contributed by atoms with E-state index in [-0.39, 0.29) is 37.4 Å². The second-order valence-corrected chi connectivity index (χ2v) is 6.22. The second-order valence-electron chi connectivity index (χ2n) is 3.92. The molecule has 9 heteroatoms.